The van der Waals surface area contributed by atoms with E-state index in [0.717, 1.165) is 5.52 Å². The highest BCUT2D eigenvalue weighted by Gasteiger charge is 2.17. The van der Waals surface area contributed by atoms with Gasteiger partial charge in [-0.15, -0.1) is 0 Å². The molecule has 2 aromatic heterocycles. The van der Waals surface area contributed by atoms with Crippen LogP contribution in [0.25, 0.3) is 21.9 Å². The number of nitrogens with zero attached hydrogens (tertiary/aromatic N) is 1. The van der Waals surface area contributed by atoms with E-state index in [4.69, 9.17) is 13.9 Å². The standard InChI is InChI=1S/C21H17N3O6/c1-2-28-21(27)22-13-7-8-14-12(9-18(25)30-17(14)10-13)11-29-20(26)19-15-5-3-4-6-16(15)23-24-19/h3-10H,2,11H2,1H3,(H,22,27)(H,23,24). The molecule has 4 rings (SSSR count). The van der Waals surface area contributed by atoms with Gasteiger partial charge < -0.3 is 13.9 Å². The number of carbonyl (C=O) groups excluding carboxylic acids is 2. The number of benzene rings is 2. The van der Waals surface area contributed by atoms with Gasteiger partial charge in [-0.2, -0.15) is 5.10 Å². The van der Waals surface area contributed by atoms with Crippen LogP contribution in [-0.4, -0.2) is 28.9 Å². The molecule has 4 aromatic rings. The van der Waals surface area contributed by atoms with Crippen LogP contribution in [0.4, 0.5) is 10.5 Å². The van der Waals surface area contributed by atoms with E-state index in [1.807, 2.05) is 6.07 Å². The van der Waals surface area contributed by atoms with Crippen molar-refractivity contribution in [3.8, 4) is 0 Å². The Bertz CT molecular complexity index is 1310. The Balaban J connectivity index is 1.57. The molecule has 0 saturated heterocycles. The fourth-order valence-corrected chi connectivity index (χ4v) is 3.04. The number of anilines is 1. The second kappa shape index (κ2) is 8.08. The third-order valence-electron chi connectivity index (χ3n) is 4.37. The van der Waals surface area contributed by atoms with Crippen molar-refractivity contribution < 1.29 is 23.5 Å². The lowest BCUT2D eigenvalue weighted by Gasteiger charge is -2.09. The van der Waals surface area contributed by atoms with E-state index in [1.165, 1.54) is 12.1 Å². The Morgan fingerprint density at radius 3 is 2.77 bits per heavy atom. The lowest BCUT2D eigenvalue weighted by Crippen LogP contribution is -2.13. The van der Waals surface area contributed by atoms with E-state index in [-0.39, 0.29) is 24.5 Å². The minimum absolute atomic E-state index is 0.146. The first-order chi connectivity index (χ1) is 14.5. The highest BCUT2D eigenvalue weighted by molar-refractivity contribution is 6.01. The molecule has 2 aromatic carbocycles. The largest absolute Gasteiger partial charge is 0.456 e. The first-order valence-corrected chi connectivity index (χ1v) is 9.16. The molecule has 2 N–H and O–H groups in total. The van der Waals surface area contributed by atoms with E-state index in [1.54, 1.807) is 37.3 Å². The van der Waals surface area contributed by atoms with Crippen molar-refractivity contribution in [2.45, 2.75) is 13.5 Å². The van der Waals surface area contributed by atoms with E-state index in [2.05, 4.69) is 15.5 Å². The molecule has 30 heavy (non-hydrogen) atoms. The van der Waals surface area contributed by atoms with Crippen LogP contribution in [0.3, 0.4) is 0 Å². The summed E-state index contributed by atoms with van der Waals surface area (Å²) in [6, 6.07) is 13.2. The number of nitrogens with one attached hydrogen (secondary N) is 2. The summed E-state index contributed by atoms with van der Waals surface area (Å²) >= 11 is 0. The zero-order chi connectivity index (χ0) is 21.1. The molecule has 0 atom stereocenters. The van der Waals surface area contributed by atoms with Gasteiger partial charge in [0.25, 0.3) is 0 Å². The van der Waals surface area contributed by atoms with Crippen LogP contribution in [0.5, 0.6) is 0 Å². The van der Waals surface area contributed by atoms with Crippen molar-refractivity contribution >= 4 is 39.6 Å². The predicted molar refractivity (Wildman–Crippen MR) is 108 cm³/mol. The number of H-pyrrole nitrogens is 1. The average Bonchev–Trinajstić information content (AvgIpc) is 3.16. The van der Waals surface area contributed by atoms with Crippen LogP contribution in [0.2, 0.25) is 0 Å². The van der Waals surface area contributed by atoms with Gasteiger partial charge >= 0.3 is 17.7 Å². The zero-order valence-corrected chi connectivity index (χ0v) is 15.9. The Hall–Kier alpha value is -4.14. The molecule has 2 heterocycles. The summed E-state index contributed by atoms with van der Waals surface area (Å²) in [5.41, 5.74) is 1.40. The number of carbonyl (C=O) groups is 2. The van der Waals surface area contributed by atoms with Crippen molar-refractivity contribution in [3.63, 3.8) is 0 Å². The maximum Gasteiger partial charge on any atom is 0.411 e. The highest BCUT2D eigenvalue weighted by Crippen LogP contribution is 2.23. The number of hydrogen-bond donors (Lipinski definition) is 2. The van der Waals surface area contributed by atoms with Crippen LogP contribution in [-0.2, 0) is 16.1 Å². The molecule has 0 bridgehead atoms. The molecule has 0 aliphatic rings. The fourth-order valence-electron chi connectivity index (χ4n) is 3.04. The van der Waals surface area contributed by atoms with Crippen molar-refractivity contribution in [2.24, 2.45) is 0 Å². The first kappa shape index (κ1) is 19.2. The summed E-state index contributed by atoms with van der Waals surface area (Å²) in [7, 11) is 0. The van der Waals surface area contributed by atoms with Gasteiger partial charge in [0.05, 0.1) is 12.1 Å². The normalized spacial score (nSPS) is 10.8. The summed E-state index contributed by atoms with van der Waals surface area (Å²) in [5.74, 6) is -0.616. The molecule has 0 aliphatic heterocycles. The SMILES string of the molecule is CCOC(=O)Nc1ccc2c(COC(=O)c3n[nH]c4ccccc34)cc(=O)oc2c1. The Morgan fingerprint density at radius 1 is 1.10 bits per heavy atom. The monoisotopic (exact) mass is 407 g/mol. The van der Waals surface area contributed by atoms with Crippen LogP contribution >= 0.6 is 0 Å². The predicted octanol–water partition coefficient (Wildman–Crippen LogP) is 3.59. The van der Waals surface area contributed by atoms with Gasteiger partial charge in [0.15, 0.2) is 5.69 Å². The zero-order valence-electron chi connectivity index (χ0n) is 15.9. The van der Waals surface area contributed by atoms with Gasteiger partial charge in [-0.1, -0.05) is 18.2 Å². The Labute approximate surface area is 169 Å². The summed E-state index contributed by atoms with van der Waals surface area (Å²) in [5, 5.41) is 10.5. The van der Waals surface area contributed by atoms with Gasteiger partial charge in [0.1, 0.15) is 12.2 Å². The van der Waals surface area contributed by atoms with Crippen molar-refractivity contribution in [1.29, 1.82) is 0 Å². The lowest BCUT2D eigenvalue weighted by atomic mass is 10.1. The fraction of sp³-hybridized carbons (Fsp3) is 0.143. The lowest BCUT2D eigenvalue weighted by molar-refractivity contribution is 0.0469. The maximum absolute atomic E-state index is 12.5. The van der Waals surface area contributed by atoms with Gasteiger partial charge in [0, 0.05) is 34.2 Å². The van der Waals surface area contributed by atoms with E-state index >= 15 is 0 Å². The van der Waals surface area contributed by atoms with Crippen molar-refractivity contribution in [2.75, 3.05) is 11.9 Å². The Morgan fingerprint density at radius 2 is 1.93 bits per heavy atom. The number of ether oxygens (including phenoxy) is 2. The van der Waals surface area contributed by atoms with Crippen LogP contribution in [0, 0.1) is 0 Å². The number of para-hydroxylation sites is 1. The van der Waals surface area contributed by atoms with Gasteiger partial charge in [-0.05, 0) is 25.1 Å². The summed E-state index contributed by atoms with van der Waals surface area (Å²) in [6.45, 7) is 1.78. The number of aromatic nitrogens is 2. The van der Waals surface area contributed by atoms with Crippen LogP contribution in [0.15, 0.2) is 57.7 Å². The third-order valence-corrected chi connectivity index (χ3v) is 4.37. The topological polar surface area (TPSA) is 124 Å². The molecular formula is C21H17N3O6. The number of hydrogen-bond acceptors (Lipinski definition) is 7. The van der Waals surface area contributed by atoms with Gasteiger partial charge in [-0.3, -0.25) is 10.4 Å². The molecular weight excluding hydrogens is 390 g/mol. The molecule has 0 spiro atoms. The van der Waals surface area contributed by atoms with Gasteiger partial charge in [0.2, 0.25) is 0 Å². The average molecular weight is 407 g/mol. The summed E-state index contributed by atoms with van der Waals surface area (Å²) in [4.78, 5) is 36.0. The first-order valence-electron chi connectivity index (χ1n) is 9.16. The molecule has 152 valence electrons. The number of esters is 1. The van der Waals surface area contributed by atoms with Crippen LogP contribution < -0.4 is 10.9 Å². The molecule has 9 heteroatoms. The summed E-state index contributed by atoms with van der Waals surface area (Å²) in [6.07, 6.45) is -0.615. The minimum atomic E-state index is -0.616. The molecule has 0 fully saturated rings. The quantitative estimate of drug-likeness (QED) is 0.383. The summed E-state index contributed by atoms with van der Waals surface area (Å²) < 4.78 is 15.4. The number of amides is 1. The van der Waals surface area contributed by atoms with Crippen molar-refractivity contribution in [3.05, 3.63) is 70.2 Å². The van der Waals surface area contributed by atoms with E-state index in [9.17, 15) is 14.4 Å². The van der Waals surface area contributed by atoms with E-state index in [0.29, 0.717) is 22.0 Å². The number of fused-ring (bicyclic) bond motifs is 2. The highest BCUT2D eigenvalue weighted by atomic mass is 16.5. The maximum atomic E-state index is 12.5. The number of aromatic amines is 1. The van der Waals surface area contributed by atoms with E-state index < -0.39 is 17.7 Å². The molecule has 0 unspecified atom stereocenters. The second-order valence-electron chi connectivity index (χ2n) is 6.34. The Kier molecular flexibility index (Phi) is 5.17. The molecule has 0 radical (unpaired) electrons. The molecule has 0 saturated carbocycles. The van der Waals surface area contributed by atoms with Crippen molar-refractivity contribution in [1.82, 2.24) is 10.2 Å². The molecule has 0 aliphatic carbocycles. The molecule has 1 amide bonds. The third kappa shape index (κ3) is 3.86. The second-order valence-corrected chi connectivity index (χ2v) is 6.34. The number of rotatable bonds is 5. The minimum Gasteiger partial charge on any atom is -0.456 e. The molecule has 9 nitrogen and oxygen atoms in total. The van der Waals surface area contributed by atoms with Gasteiger partial charge in [-0.25, -0.2) is 14.4 Å². The smallest absolute Gasteiger partial charge is 0.411 e. The van der Waals surface area contributed by atoms with Crippen LogP contribution in [0.1, 0.15) is 23.0 Å².